The molecule has 0 amide bonds. The van der Waals surface area contributed by atoms with Gasteiger partial charge in [0, 0.05) is 20.1 Å². The van der Waals surface area contributed by atoms with Gasteiger partial charge in [0.2, 0.25) is 0 Å². The zero-order chi connectivity index (χ0) is 18.1. The second-order valence-electron chi connectivity index (χ2n) is 5.26. The molecule has 0 radical (unpaired) electrons. The van der Waals surface area contributed by atoms with E-state index in [1.807, 2.05) is 6.07 Å². The molecule has 2 N–H and O–H groups in total. The minimum absolute atomic E-state index is 0.278. The minimum atomic E-state index is -2.50. The Bertz CT molecular complexity index is 690. The van der Waals surface area contributed by atoms with Crippen molar-refractivity contribution in [2.75, 3.05) is 13.7 Å². The topological polar surface area (TPSA) is 45.7 Å². The van der Waals surface area contributed by atoms with Crippen molar-refractivity contribution in [2.24, 2.45) is 4.99 Å². The summed E-state index contributed by atoms with van der Waals surface area (Å²) in [5.41, 5.74) is 1.79. The first-order valence-corrected chi connectivity index (χ1v) is 7.75. The fourth-order valence-corrected chi connectivity index (χ4v) is 2.10. The molecule has 2 rings (SSSR count). The summed E-state index contributed by atoms with van der Waals surface area (Å²) in [7, 11) is 1.64. The molecule has 0 atom stereocenters. The maximum atomic E-state index is 12.9. The molecule has 0 fully saturated rings. The van der Waals surface area contributed by atoms with Crippen LogP contribution in [0.15, 0.2) is 53.5 Å². The molecular weight excluding hydrogens is 331 g/mol. The molecule has 0 bridgehead atoms. The summed E-state index contributed by atoms with van der Waals surface area (Å²) < 4.78 is 42.3. The van der Waals surface area contributed by atoms with Gasteiger partial charge in [-0.15, -0.1) is 0 Å². The van der Waals surface area contributed by atoms with E-state index in [-0.39, 0.29) is 5.82 Å². The molecule has 0 unspecified atom stereocenters. The van der Waals surface area contributed by atoms with Crippen LogP contribution in [0.25, 0.3) is 0 Å². The van der Waals surface area contributed by atoms with Crippen LogP contribution in [-0.2, 0) is 13.1 Å². The highest BCUT2D eigenvalue weighted by atomic mass is 19.3. The Hall–Kier alpha value is -2.70. The van der Waals surface area contributed by atoms with Crippen molar-refractivity contribution in [1.29, 1.82) is 0 Å². The Morgan fingerprint density at radius 1 is 1.04 bits per heavy atom. The molecule has 2 aromatic rings. The zero-order valence-corrected chi connectivity index (χ0v) is 13.8. The van der Waals surface area contributed by atoms with Gasteiger partial charge in [0.25, 0.3) is 6.43 Å². The summed E-state index contributed by atoms with van der Waals surface area (Å²) >= 11 is 0. The molecule has 0 aliphatic carbocycles. The van der Waals surface area contributed by atoms with Crippen molar-refractivity contribution >= 4 is 5.96 Å². The van der Waals surface area contributed by atoms with Gasteiger partial charge in [-0.1, -0.05) is 24.3 Å². The van der Waals surface area contributed by atoms with E-state index >= 15 is 0 Å². The lowest BCUT2D eigenvalue weighted by Crippen LogP contribution is -2.36. The maximum Gasteiger partial charge on any atom is 0.272 e. The minimum Gasteiger partial charge on any atom is -0.488 e. The predicted octanol–water partition coefficient (Wildman–Crippen LogP) is 3.33. The Labute approximate surface area is 144 Å². The molecule has 2 aromatic carbocycles. The number of aliphatic imine (C=N–C) groups is 1. The number of hydrogen-bond donors (Lipinski definition) is 2. The molecule has 0 saturated heterocycles. The van der Waals surface area contributed by atoms with E-state index in [4.69, 9.17) is 4.74 Å². The Balaban J connectivity index is 1.83. The molecule has 0 heterocycles. The first kappa shape index (κ1) is 18.6. The lowest BCUT2D eigenvalue weighted by atomic mass is 10.2. The van der Waals surface area contributed by atoms with Crippen LogP contribution in [-0.4, -0.2) is 26.0 Å². The Morgan fingerprint density at radius 2 is 1.72 bits per heavy atom. The quantitative estimate of drug-likeness (QED) is 0.594. The molecule has 0 spiro atoms. The van der Waals surface area contributed by atoms with Crippen molar-refractivity contribution in [3.8, 4) is 5.75 Å². The van der Waals surface area contributed by atoms with E-state index in [0.29, 0.717) is 24.8 Å². The maximum absolute atomic E-state index is 12.9. The lowest BCUT2D eigenvalue weighted by molar-refractivity contribution is 0.0818. The van der Waals surface area contributed by atoms with Gasteiger partial charge in [-0.25, -0.2) is 13.2 Å². The molecule has 25 heavy (non-hydrogen) atoms. The van der Waals surface area contributed by atoms with E-state index in [1.54, 1.807) is 37.4 Å². The molecule has 134 valence electrons. The van der Waals surface area contributed by atoms with E-state index < -0.39 is 13.0 Å². The third kappa shape index (κ3) is 6.74. The Kier molecular flexibility index (Phi) is 7.13. The van der Waals surface area contributed by atoms with Gasteiger partial charge in [-0.3, -0.25) is 4.99 Å². The lowest BCUT2D eigenvalue weighted by Gasteiger charge is -2.13. The van der Waals surface area contributed by atoms with Crippen LogP contribution < -0.4 is 15.4 Å². The second kappa shape index (κ2) is 9.56. The van der Waals surface area contributed by atoms with Crippen LogP contribution in [0, 0.1) is 5.82 Å². The van der Waals surface area contributed by atoms with Gasteiger partial charge in [-0.05, 0) is 35.4 Å². The van der Waals surface area contributed by atoms with Gasteiger partial charge in [0.15, 0.2) is 5.96 Å². The Morgan fingerprint density at radius 3 is 2.36 bits per heavy atom. The number of benzene rings is 2. The van der Waals surface area contributed by atoms with E-state index in [9.17, 15) is 13.2 Å². The van der Waals surface area contributed by atoms with Gasteiger partial charge in [-0.2, -0.15) is 0 Å². The first-order chi connectivity index (χ1) is 12.1. The van der Waals surface area contributed by atoms with Crippen molar-refractivity contribution in [3.05, 3.63) is 65.5 Å². The second-order valence-corrected chi connectivity index (χ2v) is 5.26. The van der Waals surface area contributed by atoms with Crippen LogP contribution in [0.3, 0.4) is 0 Å². The smallest absolute Gasteiger partial charge is 0.272 e. The molecule has 0 aliphatic heterocycles. The molecule has 4 nitrogen and oxygen atoms in total. The van der Waals surface area contributed by atoms with Crippen molar-refractivity contribution < 1.29 is 17.9 Å². The number of guanidine groups is 1. The monoisotopic (exact) mass is 351 g/mol. The summed E-state index contributed by atoms with van der Waals surface area (Å²) in [6, 6.07) is 13.1. The molecule has 0 aromatic heterocycles. The third-order valence-electron chi connectivity index (χ3n) is 3.33. The molecule has 7 heteroatoms. The van der Waals surface area contributed by atoms with E-state index in [2.05, 4.69) is 15.6 Å². The predicted molar refractivity (Wildman–Crippen MR) is 91.4 cm³/mol. The van der Waals surface area contributed by atoms with Gasteiger partial charge < -0.3 is 15.4 Å². The summed E-state index contributed by atoms with van der Waals surface area (Å²) in [6.45, 7) is 0.324. The number of nitrogens with one attached hydrogen (secondary N) is 2. The van der Waals surface area contributed by atoms with Gasteiger partial charge >= 0.3 is 0 Å². The van der Waals surface area contributed by atoms with Crippen LogP contribution >= 0.6 is 0 Å². The van der Waals surface area contributed by atoms with Crippen molar-refractivity contribution in [2.45, 2.75) is 19.5 Å². The average molecular weight is 351 g/mol. The standard InChI is InChI=1S/C18H20F3N3O/c1-22-18(23-10-13-5-7-15(19)8-6-13)24-11-14-3-2-4-16(9-14)25-12-17(20)21/h2-9,17H,10-12H2,1H3,(H2,22,23,24). The number of rotatable bonds is 7. The highest BCUT2D eigenvalue weighted by molar-refractivity contribution is 5.79. The van der Waals surface area contributed by atoms with Crippen LogP contribution in [0.5, 0.6) is 5.75 Å². The summed E-state index contributed by atoms with van der Waals surface area (Å²) in [5.74, 6) is 0.692. The molecule has 0 saturated carbocycles. The van der Waals surface area contributed by atoms with Crippen LogP contribution in [0.1, 0.15) is 11.1 Å². The van der Waals surface area contributed by atoms with E-state index in [0.717, 1.165) is 11.1 Å². The normalized spacial score (nSPS) is 11.5. The van der Waals surface area contributed by atoms with Gasteiger partial charge in [0.05, 0.1) is 0 Å². The number of nitrogens with zero attached hydrogens (tertiary/aromatic N) is 1. The summed E-state index contributed by atoms with van der Waals surface area (Å²) in [5, 5.41) is 6.24. The van der Waals surface area contributed by atoms with Crippen molar-refractivity contribution in [1.82, 2.24) is 10.6 Å². The van der Waals surface area contributed by atoms with Gasteiger partial charge in [0.1, 0.15) is 18.2 Å². The molecular formula is C18H20F3N3O. The molecule has 0 aliphatic rings. The number of alkyl halides is 2. The van der Waals surface area contributed by atoms with Crippen LogP contribution in [0.4, 0.5) is 13.2 Å². The highest BCUT2D eigenvalue weighted by Crippen LogP contribution is 2.14. The highest BCUT2D eigenvalue weighted by Gasteiger charge is 2.05. The summed E-state index contributed by atoms with van der Waals surface area (Å²) in [6.07, 6.45) is -2.50. The first-order valence-electron chi connectivity index (χ1n) is 7.75. The van der Waals surface area contributed by atoms with Crippen molar-refractivity contribution in [3.63, 3.8) is 0 Å². The van der Waals surface area contributed by atoms with Crippen LogP contribution in [0.2, 0.25) is 0 Å². The number of halogens is 3. The SMILES string of the molecule is CN=C(NCc1ccc(F)cc1)NCc1cccc(OCC(F)F)c1. The average Bonchev–Trinajstić information content (AvgIpc) is 2.62. The third-order valence-corrected chi connectivity index (χ3v) is 3.33. The van der Waals surface area contributed by atoms with E-state index in [1.165, 1.54) is 12.1 Å². The fraction of sp³-hybridized carbons (Fsp3) is 0.278. The number of hydrogen-bond acceptors (Lipinski definition) is 2. The largest absolute Gasteiger partial charge is 0.488 e. The zero-order valence-electron chi connectivity index (χ0n) is 13.8. The fourth-order valence-electron chi connectivity index (χ4n) is 2.10. The number of ether oxygens (including phenoxy) is 1. The summed E-state index contributed by atoms with van der Waals surface area (Å²) in [4.78, 5) is 4.11.